The van der Waals surface area contributed by atoms with Crippen LogP contribution in [0.2, 0.25) is 0 Å². The van der Waals surface area contributed by atoms with Gasteiger partial charge in [-0.25, -0.2) is 9.37 Å². The molecule has 18 heavy (non-hydrogen) atoms. The number of hydrogen-bond donors (Lipinski definition) is 1. The first-order valence-electron chi connectivity index (χ1n) is 5.74. The van der Waals surface area contributed by atoms with Gasteiger partial charge in [0.05, 0.1) is 6.10 Å². The third-order valence-corrected chi connectivity index (χ3v) is 3.53. The molecule has 2 rings (SSSR count). The largest absolute Gasteiger partial charge is 0.388 e. The molecule has 0 fully saturated rings. The highest BCUT2D eigenvalue weighted by Crippen LogP contribution is 2.26. The van der Waals surface area contributed by atoms with E-state index in [1.807, 2.05) is 17.7 Å². The first-order chi connectivity index (χ1) is 8.61. The Balaban J connectivity index is 2.19. The summed E-state index contributed by atoms with van der Waals surface area (Å²) in [6.45, 7) is 2.83. The van der Waals surface area contributed by atoms with Crippen molar-refractivity contribution in [3.63, 3.8) is 0 Å². The lowest BCUT2D eigenvalue weighted by Crippen LogP contribution is -2.08. The minimum atomic E-state index is -0.701. The van der Waals surface area contributed by atoms with E-state index in [4.69, 9.17) is 0 Å². The standard InChI is InChI=1S/C13H14BrFN2O/c1-2-17-6-5-16-13(17)8-12(18)10-4-3-9(15)7-11(10)14/h3-7,12,18H,2,8H2,1H3. The number of hydrogen-bond acceptors (Lipinski definition) is 2. The van der Waals surface area contributed by atoms with Crippen LogP contribution in [0.15, 0.2) is 35.1 Å². The Morgan fingerprint density at radius 1 is 1.50 bits per heavy atom. The Morgan fingerprint density at radius 2 is 2.28 bits per heavy atom. The summed E-state index contributed by atoms with van der Waals surface area (Å²) < 4.78 is 15.5. The Morgan fingerprint density at radius 3 is 2.94 bits per heavy atom. The van der Waals surface area contributed by atoms with Crippen molar-refractivity contribution in [2.24, 2.45) is 0 Å². The fourth-order valence-electron chi connectivity index (χ4n) is 1.87. The second-order valence-electron chi connectivity index (χ2n) is 4.02. The quantitative estimate of drug-likeness (QED) is 0.942. The van der Waals surface area contributed by atoms with Gasteiger partial charge in [-0.15, -0.1) is 0 Å². The lowest BCUT2D eigenvalue weighted by Gasteiger charge is -2.13. The van der Waals surface area contributed by atoms with Crippen LogP contribution in [-0.2, 0) is 13.0 Å². The molecule has 0 amide bonds. The predicted molar refractivity (Wildman–Crippen MR) is 70.7 cm³/mol. The topological polar surface area (TPSA) is 38.0 Å². The highest BCUT2D eigenvalue weighted by molar-refractivity contribution is 9.10. The van der Waals surface area contributed by atoms with Gasteiger partial charge in [0.25, 0.3) is 0 Å². The van der Waals surface area contributed by atoms with E-state index < -0.39 is 6.10 Å². The van der Waals surface area contributed by atoms with Crippen LogP contribution >= 0.6 is 15.9 Å². The molecule has 0 bridgehead atoms. The number of aliphatic hydroxyl groups is 1. The third kappa shape index (κ3) is 2.79. The highest BCUT2D eigenvalue weighted by atomic mass is 79.9. The van der Waals surface area contributed by atoms with Gasteiger partial charge in [0, 0.05) is 29.8 Å². The van der Waals surface area contributed by atoms with Gasteiger partial charge in [-0.1, -0.05) is 22.0 Å². The lowest BCUT2D eigenvalue weighted by atomic mass is 10.1. The first kappa shape index (κ1) is 13.2. The minimum absolute atomic E-state index is 0.326. The molecule has 0 spiro atoms. The van der Waals surface area contributed by atoms with Crippen molar-refractivity contribution in [1.29, 1.82) is 0 Å². The van der Waals surface area contributed by atoms with Crippen LogP contribution in [0.25, 0.3) is 0 Å². The molecule has 3 nitrogen and oxygen atoms in total. The maximum Gasteiger partial charge on any atom is 0.124 e. The number of aliphatic hydroxyl groups excluding tert-OH is 1. The van der Waals surface area contributed by atoms with Crippen molar-refractivity contribution in [2.75, 3.05) is 0 Å². The van der Waals surface area contributed by atoms with Crippen LogP contribution in [0.3, 0.4) is 0 Å². The molecule has 96 valence electrons. The summed E-state index contributed by atoms with van der Waals surface area (Å²) in [5.74, 6) is 0.495. The maximum absolute atomic E-state index is 13.0. The minimum Gasteiger partial charge on any atom is -0.388 e. The summed E-state index contributed by atoms with van der Waals surface area (Å²) in [6, 6.07) is 4.28. The fraction of sp³-hybridized carbons (Fsp3) is 0.308. The van der Waals surface area contributed by atoms with E-state index in [0.29, 0.717) is 16.5 Å². The van der Waals surface area contributed by atoms with Crippen molar-refractivity contribution < 1.29 is 9.50 Å². The van der Waals surface area contributed by atoms with E-state index in [9.17, 15) is 9.50 Å². The number of rotatable bonds is 4. The first-order valence-corrected chi connectivity index (χ1v) is 6.54. The average molecular weight is 313 g/mol. The van der Waals surface area contributed by atoms with Crippen molar-refractivity contribution in [1.82, 2.24) is 9.55 Å². The van der Waals surface area contributed by atoms with Gasteiger partial charge >= 0.3 is 0 Å². The molecule has 0 aliphatic carbocycles. The van der Waals surface area contributed by atoms with Crippen molar-refractivity contribution in [2.45, 2.75) is 26.0 Å². The summed E-state index contributed by atoms with van der Waals surface area (Å²) in [7, 11) is 0. The molecule has 1 aromatic heterocycles. The molecule has 2 aromatic rings. The third-order valence-electron chi connectivity index (χ3n) is 2.84. The van der Waals surface area contributed by atoms with Gasteiger partial charge < -0.3 is 9.67 Å². The fourth-order valence-corrected chi connectivity index (χ4v) is 2.49. The van der Waals surface area contributed by atoms with Crippen LogP contribution in [0.4, 0.5) is 4.39 Å². The SMILES string of the molecule is CCn1ccnc1CC(O)c1ccc(F)cc1Br. The Bertz CT molecular complexity index is 542. The van der Waals surface area contributed by atoms with Crippen molar-refractivity contribution >= 4 is 15.9 Å². The van der Waals surface area contributed by atoms with E-state index in [1.165, 1.54) is 12.1 Å². The van der Waals surface area contributed by atoms with Gasteiger partial charge in [0.2, 0.25) is 0 Å². The Kier molecular flexibility index (Phi) is 4.14. The lowest BCUT2D eigenvalue weighted by molar-refractivity contribution is 0.173. The Hall–Kier alpha value is -1.20. The van der Waals surface area contributed by atoms with E-state index in [2.05, 4.69) is 20.9 Å². The molecular weight excluding hydrogens is 299 g/mol. The molecule has 0 aliphatic rings. The zero-order valence-corrected chi connectivity index (χ0v) is 11.6. The molecule has 0 saturated heterocycles. The number of nitrogens with zero attached hydrogens (tertiary/aromatic N) is 2. The molecule has 1 aromatic carbocycles. The predicted octanol–water partition coefficient (Wildman–Crippen LogP) is 3.08. The number of imidazole rings is 1. The molecule has 5 heteroatoms. The van der Waals surface area contributed by atoms with Crippen LogP contribution < -0.4 is 0 Å². The van der Waals surface area contributed by atoms with Gasteiger partial charge in [-0.05, 0) is 24.6 Å². The molecule has 0 aliphatic heterocycles. The zero-order valence-electron chi connectivity index (χ0n) is 9.98. The summed E-state index contributed by atoms with van der Waals surface area (Å²) in [6.07, 6.45) is 3.30. The summed E-state index contributed by atoms with van der Waals surface area (Å²) in [5, 5.41) is 10.2. The second-order valence-corrected chi connectivity index (χ2v) is 4.87. The second kappa shape index (κ2) is 5.63. The van der Waals surface area contributed by atoms with Gasteiger partial charge in [0.1, 0.15) is 11.6 Å². The number of aromatic nitrogens is 2. The summed E-state index contributed by atoms with van der Waals surface area (Å²) >= 11 is 3.26. The van der Waals surface area contributed by atoms with Crippen LogP contribution in [0.5, 0.6) is 0 Å². The molecule has 1 heterocycles. The van der Waals surface area contributed by atoms with Gasteiger partial charge in [-0.3, -0.25) is 0 Å². The van der Waals surface area contributed by atoms with Crippen LogP contribution in [0.1, 0.15) is 24.4 Å². The molecule has 1 unspecified atom stereocenters. The zero-order chi connectivity index (χ0) is 13.1. The normalized spacial score (nSPS) is 12.7. The molecule has 0 saturated carbocycles. The van der Waals surface area contributed by atoms with Crippen molar-refractivity contribution in [3.05, 3.63) is 52.3 Å². The van der Waals surface area contributed by atoms with Gasteiger partial charge in [-0.2, -0.15) is 0 Å². The van der Waals surface area contributed by atoms with Crippen LogP contribution in [0, 0.1) is 5.82 Å². The molecule has 0 radical (unpaired) electrons. The maximum atomic E-state index is 13.0. The molecule has 1 atom stereocenters. The number of benzene rings is 1. The van der Waals surface area contributed by atoms with E-state index in [0.717, 1.165) is 12.4 Å². The van der Waals surface area contributed by atoms with Gasteiger partial charge in [0.15, 0.2) is 0 Å². The van der Waals surface area contributed by atoms with Crippen LogP contribution in [-0.4, -0.2) is 14.7 Å². The molecule has 1 N–H and O–H groups in total. The summed E-state index contributed by atoms with van der Waals surface area (Å²) in [5.41, 5.74) is 0.669. The Labute approximate surface area is 113 Å². The number of aryl methyl sites for hydroxylation is 1. The highest BCUT2D eigenvalue weighted by Gasteiger charge is 2.15. The summed E-state index contributed by atoms with van der Waals surface area (Å²) in [4.78, 5) is 4.21. The molecular formula is C13H14BrFN2O. The average Bonchev–Trinajstić information content (AvgIpc) is 2.76. The van der Waals surface area contributed by atoms with Crippen molar-refractivity contribution in [3.8, 4) is 0 Å². The van der Waals surface area contributed by atoms with E-state index in [-0.39, 0.29) is 5.82 Å². The number of halogens is 2. The van der Waals surface area contributed by atoms with E-state index in [1.54, 1.807) is 12.3 Å². The smallest absolute Gasteiger partial charge is 0.124 e. The monoisotopic (exact) mass is 312 g/mol. The van der Waals surface area contributed by atoms with E-state index >= 15 is 0 Å².